The van der Waals surface area contributed by atoms with Crippen molar-refractivity contribution in [3.63, 3.8) is 0 Å². The highest BCUT2D eigenvalue weighted by Gasteiger charge is 2.62. The molecule has 0 spiro atoms. The number of nitrogens with one attached hydrogen (secondary N) is 3. The van der Waals surface area contributed by atoms with Crippen molar-refractivity contribution in [3.05, 3.63) is 50.9 Å². The molecule has 86 heavy (non-hydrogen) atoms. The Morgan fingerprint density at radius 1 is 0.453 bits per heavy atom. The molecule has 0 aliphatic heterocycles. The largest absolute Gasteiger partial charge is 0.348 e. The molecule has 3 aromatic rings. The van der Waals surface area contributed by atoms with Crippen LogP contribution in [0.4, 0.5) is 0 Å². The van der Waals surface area contributed by atoms with E-state index in [-0.39, 0.29) is 46.1 Å². The van der Waals surface area contributed by atoms with Gasteiger partial charge in [-0.15, -0.1) is 0 Å². The average molecular weight is 1180 g/mol. The van der Waals surface area contributed by atoms with E-state index in [1.165, 1.54) is 239 Å². The third kappa shape index (κ3) is 10.5. The fourth-order valence-corrected chi connectivity index (χ4v) is 22.9. The number of aromatic nitrogens is 6. The normalized spacial score (nSPS) is 35.1. The van der Waals surface area contributed by atoms with Crippen LogP contribution < -0.4 is 16.0 Å². The van der Waals surface area contributed by atoms with Gasteiger partial charge >= 0.3 is 0 Å². The molecule has 0 aromatic carbocycles. The van der Waals surface area contributed by atoms with Crippen molar-refractivity contribution in [2.75, 3.05) is 0 Å². The quantitative estimate of drug-likeness (QED) is 0.185. The fraction of sp³-hybridized carbons (Fsp3) is 0.838. The van der Waals surface area contributed by atoms with Crippen LogP contribution in [0, 0.1) is 56.7 Å². The molecule has 14 aliphatic rings. The van der Waals surface area contributed by atoms with Crippen LogP contribution in [0.25, 0.3) is 0 Å². The summed E-state index contributed by atoms with van der Waals surface area (Å²) in [6, 6.07) is 2.39. The lowest BCUT2D eigenvalue weighted by Crippen LogP contribution is -2.55. The highest BCUT2D eigenvalue weighted by Crippen LogP contribution is 2.66. The van der Waals surface area contributed by atoms with Crippen LogP contribution in [-0.4, -0.2) is 65.2 Å². The van der Waals surface area contributed by atoms with Crippen LogP contribution in [0.5, 0.6) is 0 Å². The Morgan fingerprint density at radius 2 is 0.860 bits per heavy atom. The highest BCUT2D eigenvalue weighted by atomic mass is 16.2. The zero-order valence-corrected chi connectivity index (χ0v) is 54.8. The number of rotatable bonds is 10. The number of carbonyl (C=O) groups excluding carboxylic acids is 3. The third-order valence-corrected chi connectivity index (χ3v) is 28.0. The maximum absolute atomic E-state index is 13.5. The van der Waals surface area contributed by atoms with E-state index in [4.69, 9.17) is 15.3 Å². The SMILES string of the molecule is CC(NC(=O)c1nn(C2CCCCC2)c2c1CCCC2)C12CC3CC(CC(C3)C1)C2.CC1(C)C2CCC1(C)C(NC(=O)c1nn(C3CCCCC3)c3c1CCCC3)C2.CC12CCC(C1)C(C)(C)[C@@H]2NC(=O)c1nn(C2CCCCC2)c2c1CCCC2. The third-order valence-electron chi connectivity index (χ3n) is 28.0. The van der Waals surface area contributed by atoms with Crippen LogP contribution in [0.3, 0.4) is 0 Å². The first kappa shape index (κ1) is 59.7. The molecule has 12 nitrogen and oxygen atoms in total. The summed E-state index contributed by atoms with van der Waals surface area (Å²) < 4.78 is 6.88. The minimum absolute atomic E-state index is 0.0968. The maximum atomic E-state index is 13.5. The first-order valence-electron chi connectivity index (χ1n) is 36.7. The van der Waals surface area contributed by atoms with E-state index in [0.29, 0.717) is 35.0 Å². The van der Waals surface area contributed by atoms with Gasteiger partial charge in [-0.1, -0.05) is 99.3 Å². The number of hydrogen-bond acceptors (Lipinski definition) is 6. The van der Waals surface area contributed by atoms with Crippen molar-refractivity contribution in [1.82, 2.24) is 45.3 Å². The molecule has 3 amide bonds. The van der Waals surface area contributed by atoms with Crippen LogP contribution in [0.2, 0.25) is 0 Å². The van der Waals surface area contributed by atoms with E-state index in [9.17, 15) is 14.4 Å². The predicted molar refractivity (Wildman–Crippen MR) is 341 cm³/mol. The van der Waals surface area contributed by atoms with Crippen molar-refractivity contribution in [1.29, 1.82) is 0 Å². The number of fused-ring (bicyclic) bond motifs is 7. The molecule has 472 valence electrons. The summed E-state index contributed by atoms with van der Waals surface area (Å²) >= 11 is 0. The average Bonchev–Trinajstić information content (AvgIpc) is 1.54. The zero-order chi connectivity index (χ0) is 59.3. The molecule has 14 aliphatic carbocycles. The summed E-state index contributed by atoms with van der Waals surface area (Å²) in [6.07, 6.45) is 48.9. The van der Waals surface area contributed by atoms with E-state index in [2.05, 4.69) is 78.5 Å². The summed E-state index contributed by atoms with van der Waals surface area (Å²) in [7, 11) is 0. The standard InChI is InChI=1S/C26H39N3O.2C24H37N3O/c1-17(26-14-18-11-19(15-26)13-20(12-18)16-26)27-25(30)24-22-9-5-6-10-23(22)29(28-24)21-7-3-2-4-8-21;1-23(2)16-13-14-24(3,15-16)22(23)25-21(28)20-18-11-7-8-12-19(18)27(26-20)17-9-5-4-6-10-17;1-23(2)16-13-14-24(23,3)20(15-16)25-22(28)21-18-11-7-8-12-19(18)27(26-21)17-9-5-4-6-10-17/h17-21H,2-16H2,1H3,(H,27,30);16-17,22H,4-15H2,1-3H3,(H,25,28);16-17,20H,4-15H2,1-3H3,(H,25,28)/t;16?,22-,24?;/m.0./s1. The van der Waals surface area contributed by atoms with Gasteiger partial charge < -0.3 is 16.0 Å². The second kappa shape index (κ2) is 23.4. The van der Waals surface area contributed by atoms with Crippen LogP contribution in [-0.2, 0) is 38.5 Å². The topological polar surface area (TPSA) is 141 Å². The Kier molecular flexibility index (Phi) is 16.2. The number of amides is 3. The van der Waals surface area contributed by atoms with Crippen LogP contribution >= 0.6 is 0 Å². The van der Waals surface area contributed by atoms with Crippen molar-refractivity contribution >= 4 is 17.7 Å². The number of hydrogen-bond donors (Lipinski definition) is 3. The van der Waals surface area contributed by atoms with Gasteiger partial charge in [0.25, 0.3) is 17.7 Å². The molecule has 7 atom stereocenters. The molecule has 0 radical (unpaired) electrons. The van der Waals surface area contributed by atoms with Gasteiger partial charge in [0.1, 0.15) is 0 Å². The Balaban J connectivity index is 0.000000114. The van der Waals surface area contributed by atoms with Gasteiger partial charge in [-0.05, 0) is 256 Å². The molecule has 3 N–H and O–H groups in total. The minimum Gasteiger partial charge on any atom is -0.348 e. The second-order valence-electron chi connectivity index (χ2n) is 33.6. The second-order valence-corrected chi connectivity index (χ2v) is 33.6. The van der Waals surface area contributed by atoms with E-state index in [1.807, 2.05) is 0 Å². The smallest absolute Gasteiger partial charge is 0.272 e. The van der Waals surface area contributed by atoms with Gasteiger partial charge in [-0.25, -0.2) is 0 Å². The van der Waals surface area contributed by atoms with Crippen molar-refractivity contribution < 1.29 is 14.4 Å². The summed E-state index contributed by atoms with van der Waals surface area (Å²) in [4.78, 5) is 40.4. The zero-order valence-electron chi connectivity index (χ0n) is 54.8. The van der Waals surface area contributed by atoms with Crippen molar-refractivity contribution in [3.8, 4) is 0 Å². The highest BCUT2D eigenvalue weighted by molar-refractivity contribution is 5.95. The van der Waals surface area contributed by atoms with Gasteiger partial charge in [-0.2, -0.15) is 15.3 Å². The predicted octanol–water partition coefficient (Wildman–Crippen LogP) is 16.0. The summed E-state index contributed by atoms with van der Waals surface area (Å²) in [5, 5.41) is 25.5. The molecule has 6 unspecified atom stereocenters. The van der Waals surface area contributed by atoms with Gasteiger partial charge in [0.05, 0.1) is 18.1 Å². The van der Waals surface area contributed by atoms with E-state index in [0.717, 1.165) is 91.6 Å². The van der Waals surface area contributed by atoms with E-state index in [1.54, 1.807) is 0 Å². The lowest BCUT2D eigenvalue weighted by Gasteiger charge is -2.59. The first-order valence-corrected chi connectivity index (χ1v) is 36.7. The maximum Gasteiger partial charge on any atom is 0.272 e. The molecule has 11 fully saturated rings. The molecular weight excluding hydrogens is 1060 g/mol. The summed E-state index contributed by atoms with van der Waals surface area (Å²) in [5.74, 6) is 4.58. The molecule has 3 heterocycles. The fourth-order valence-electron chi connectivity index (χ4n) is 22.9. The Bertz CT molecular complexity index is 2950. The summed E-state index contributed by atoms with van der Waals surface area (Å²) in [5.41, 5.74) is 11.6. The molecule has 11 saturated carbocycles. The Morgan fingerprint density at radius 3 is 1.26 bits per heavy atom. The molecule has 12 heteroatoms. The molecule has 0 saturated heterocycles. The lowest BCUT2D eigenvalue weighted by molar-refractivity contribution is -0.0688. The van der Waals surface area contributed by atoms with Crippen molar-refractivity contribution in [2.45, 2.75) is 335 Å². The van der Waals surface area contributed by atoms with Gasteiger partial charge in [0, 0.05) is 51.9 Å². The lowest BCUT2D eigenvalue weighted by atomic mass is 9.48. The Hall–Kier alpha value is -3.96. The number of carbonyl (C=O) groups is 3. The minimum atomic E-state index is 0.0968. The van der Waals surface area contributed by atoms with E-state index >= 15 is 0 Å². The van der Waals surface area contributed by atoms with Crippen molar-refractivity contribution in [2.24, 2.45) is 56.7 Å². The molecule has 8 bridgehead atoms. The first-order chi connectivity index (χ1) is 41.4. The number of nitrogens with zero attached hydrogens (tertiary/aromatic N) is 6. The van der Waals surface area contributed by atoms with Gasteiger partial charge in [0.15, 0.2) is 17.1 Å². The molecule has 17 rings (SSSR count). The van der Waals surface area contributed by atoms with Gasteiger partial charge in [0.2, 0.25) is 0 Å². The van der Waals surface area contributed by atoms with Gasteiger partial charge in [-0.3, -0.25) is 28.4 Å². The summed E-state index contributed by atoms with van der Waals surface area (Å²) in [6.45, 7) is 16.7. The monoisotopic (exact) mass is 1180 g/mol. The van der Waals surface area contributed by atoms with Crippen LogP contribution in [0.15, 0.2) is 0 Å². The molecule has 3 aromatic heterocycles. The molecular formula is C74H113N9O3. The Labute approximate surface area is 517 Å². The van der Waals surface area contributed by atoms with E-state index < -0.39 is 0 Å². The van der Waals surface area contributed by atoms with Crippen LogP contribution in [0.1, 0.15) is 344 Å².